The number of sulfonamides is 1. The van der Waals surface area contributed by atoms with Crippen LogP contribution in [-0.2, 0) is 14.8 Å². The molecule has 1 saturated heterocycles. The van der Waals surface area contributed by atoms with Crippen LogP contribution in [0.2, 0.25) is 0 Å². The molecule has 2 aliphatic rings. The predicted molar refractivity (Wildman–Crippen MR) is 133 cm³/mol. The standard InChI is InChI=1S/C25H40N4O4S/c1-18(2)17-23(28-34(32,33)22-11-9-19(3)10-12-22)24(30)26-21-13-15-29(16-14-21)25(31)27-20-7-5-4-6-8-20/h9-12,18,20-21,23,28H,4-8,13-17H2,1-3H3,(H,26,30)(H,27,31). The SMILES string of the molecule is Cc1ccc(S(=O)(=O)NC(CC(C)C)C(=O)NC2CCN(C(=O)NC3CCCCC3)CC2)cc1. The molecule has 1 saturated carbocycles. The van der Waals surface area contributed by atoms with E-state index in [1.54, 1.807) is 24.3 Å². The highest BCUT2D eigenvalue weighted by Gasteiger charge is 2.30. The van der Waals surface area contributed by atoms with Gasteiger partial charge in [0.05, 0.1) is 4.90 Å². The Morgan fingerprint density at radius 2 is 1.53 bits per heavy atom. The van der Waals surface area contributed by atoms with Crippen molar-refractivity contribution in [3.8, 4) is 0 Å². The van der Waals surface area contributed by atoms with Crippen molar-refractivity contribution in [2.75, 3.05) is 13.1 Å². The highest BCUT2D eigenvalue weighted by molar-refractivity contribution is 7.89. The molecule has 1 atom stereocenters. The van der Waals surface area contributed by atoms with Crippen LogP contribution in [0, 0.1) is 12.8 Å². The summed E-state index contributed by atoms with van der Waals surface area (Å²) in [5, 5.41) is 6.18. The lowest BCUT2D eigenvalue weighted by Crippen LogP contribution is -2.54. The molecule has 2 fully saturated rings. The molecule has 0 spiro atoms. The molecule has 8 nitrogen and oxygen atoms in total. The largest absolute Gasteiger partial charge is 0.352 e. The maximum absolute atomic E-state index is 13.1. The molecule has 0 radical (unpaired) electrons. The maximum atomic E-state index is 13.1. The molecule has 1 aliphatic carbocycles. The van der Waals surface area contributed by atoms with Crippen LogP contribution >= 0.6 is 0 Å². The van der Waals surface area contributed by atoms with E-state index in [2.05, 4.69) is 15.4 Å². The van der Waals surface area contributed by atoms with Crippen molar-refractivity contribution < 1.29 is 18.0 Å². The summed E-state index contributed by atoms with van der Waals surface area (Å²) < 4.78 is 28.4. The molecule has 1 unspecified atom stereocenters. The molecule has 1 aliphatic heterocycles. The van der Waals surface area contributed by atoms with Crippen molar-refractivity contribution in [1.82, 2.24) is 20.3 Å². The van der Waals surface area contributed by atoms with Crippen LogP contribution < -0.4 is 15.4 Å². The molecule has 190 valence electrons. The third-order valence-electron chi connectivity index (χ3n) is 6.71. The average Bonchev–Trinajstić information content (AvgIpc) is 2.79. The summed E-state index contributed by atoms with van der Waals surface area (Å²) in [5.74, 6) is -0.170. The van der Waals surface area contributed by atoms with Crippen LogP contribution in [0.5, 0.6) is 0 Å². The normalized spacial score (nSPS) is 19.1. The first-order valence-electron chi connectivity index (χ1n) is 12.6. The molecule has 3 rings (SSSR count). The van der Waals surface area contributed by atoms with Crippen LogP contribution in [0.4, 0.5) is 4.79 Å². The number of nitrogens with one attached hydrogen (secondary N) is 3. The van der Waals surface area contributed by atoms with Gasteiger partial charge in [0.1, 0.15) is 6.04 Å². The molecule has 0 aromatic heterocycles. The highest BCUT2D eigenvalue weighted by atomic mass is 32.2. The topological polar surface area (TPSA) is 108 Å². The van der Waals surface area contributed by atoms with E-state index in [9.17, 15) is 18.0 Å². The van der Waals surface area contributed by atoms with Crippen molar-refractivity contribution >= 4 is 22.0 Å². The number of benzene rings is 1. The number of likely N-dealkylation sites (tertiary alicyclic amines) is 1. The summed E-state index contributed by atoms with van der Waals surface area (Å²) in [6.45, 7) is 6.97. The monoisotopic (exact) mass is 492 g/mol. The fraction of sp³-hybridized carbons (Fsp3) is 0.680. The lowest BCUT2D eigenvalue weighted by Gasteiger charge is -2.34. The van der Waals surface area contributed by atoms with E-state index in [1.807, 2.05) is 25.7 Å². The van der Waals surface area contributed by atoms with E-state index < -0.39 is 16.1 Å². The van der Waals surface area contributed by atoms with E-state index in [0.717, 1.165) is 18.4 Å². The minimum atomic E-state index is -3.81. The van der Waals surface area contributed by atoms with E-state index in [4.69, 9.17) is 0 Å². The first-order valence-corrected chi connectivity index (χ1v) is 14.1. The van der Waals surface area contributed by atoms with Gasteiger partial charge in [-0.25, -0.2) is 13.2 Å². The summed E-state index contributed by atoms with van der Waals surface area (Å²) in [6, 6.07) is 5.92. The Bertz CT molecular complexity index is 919. The predicted octanol–water partition coefficient (Wildman–Crippen LogP) is 3.31. The number of urea groups is 1. The Morgan fingerprint density at radius 1 is 0.941 bits per heavy atom. The first-order chi connectivity index (χ1) is 16.1. The molecule has 1 aromatic rings. The Balaban J connectivity index is 1.53. The second-order valence-electron chi connectivity index (χ2n) is 10.2. The molecular formula is C25H40N4O4S. The van der Waals surface area contributed by atoms with Gasteiger partial charge in [-0.15, -0.1) is 0 Å². The molecule has 34 heavy (non-hydrogen) atoms. The second-order valence-corrected chi connectivity index (χ2v) is 11.9. The number of nitrogens with zero attached hydrogens (tertiary/aromatic N) is 1. The summed E-state index contributed by atoms with van der Waals surface area (Å²) in [4.78, 5) is 27.6. The van der Waals surface area contributed by atoms with Crippen LogP contribution in [0.25, 0.3) is 0 Å². The van der Waals surface area contributed by atoms with Crippen molar-refractivity contribution in [1.29, 1.82) is 0 Å². The third kappa shape index (κ3) is 7.70. The molecule has 1 aromatic carbocycles. The minimum absolute atomic E-state index is 0.0137. The molecule has 0 bridgehead atoms. The number of amides is 3. The first kappa shape index (κ1) is 26.5. The summed E-state index contributed by atoms with van der Waals surface area (Å²) in [5.41, 5.74) is 0.967. The summed E-state index contributed by atoms with van der Waals surface area (Å²) in [7, 11) is -3.81. The number of carbonyl (C=O) groups excluding carboxylic acids is 2. The quantitative estimate of drug-likeness (QED) is 0.517. The molecule has 9 heteroatoms. The Labute approximate surface area is 204 Å². The van der Waals surface area contributed by atoms with E-state index in [1.165, 1.54) is 19.3 Å². The minimum Gasteiger partial charge on any atom is -0.352 e. The summed E-state index contributed by atoms with van der Waals surface area (Å²) in [6.07, 6.45) is 7.40. The fourth-order valence-corrected chi connectivity index (χ4v) is 5.90. The van der Waals surface area contributed by atoms with Crippen LogP contribution in [0.3, 0.4) is 0 Å². The van der Waals surface area contributed by atoms with Crippen molar-refractivity contribution in [3.05, 3.63) is 29.8 Å². The lowest BCUT2D eigenvalue weighted by atomic mass is 9.95. The zero-order chi connectivity index (χ0) is 24.7. The maximum Gasteiger partial charge on any atom is 0.317 e. The average molecular weight is 493 g/mol. The van der Waals surface area contributed by atoms with Crippen LogP contribution in [-0.4, -0.2) is 56.5 Å². The van der Waals surface area contributed by atoms with Gasteiger partial charge in [-0.1, -0.05) is 50.8 Å². The van der Waals surface area contributed by atoms with Gasteiger partial charge in [-0.2, -0.15) is 4.72 Å². The van der Waals surface area contributed by atoms with Gasteiger partial charge in [0.2, 0.25) is 15.9 Å². The Morgan fingerprint density at radius 3 is 2.12 bits per heavy atom. The number of piperidine rings is 1. The van der Waals surface area contributed by atoms with E-state index >= 15 is 0 Å². The van der Waals surface area contributed by atoms with E-state index in [0.29, 0.717) is 32.4 Å². The van der Waals surface area contributed by atoms with Crippen molar-refractivity contribution in [2.45, 2.75) is 95.2 Å². The van der Waals surface area contributed by atoms with Crippen molar-refractivity contribution in [3.63, 3.8) is 0 Å². The van der Waals surface area contributed by atoms with Crippen LogP contribution in [0.1, 0.15) is 70.8 Å². The Kier molecular flexibility index (Phi) is 9.36. The molecule has 1 heterocycles. The number of hydrogen-bond acceptors (Lipinski definition) is 4. The van der Waals surface area contributed by atoms with Crippen molar-refractivity contribution in [2.24, 2.45) is 5.92 Å². The van der Waals surface area contributed by atoms with Gasteiger partial charge >= 0.3 is 6.03 Å². The molecular weight excluding hydrogens is 452 g/mol. The molecule has 3 amide bonds. The van der Waals surface area contributed by atoms with Gasteiger partial charge in [0.25, 0.3) is 0 Å². The molecule has 3 N–H and O–H groups in total. The number of hydrogen-bond donors (Lipinski definition) is 3. The van der Waals surface area contributed by atoms with Gasteiger partial charge in [-0.3, -0.25) is 4.79 Å². The van der Waals surface area contributed by atoms with Gasteiger partial charge in [0.15, 0.2) is 0 Å². The lowest BCUT2D eigenvalue weighted by molar-refractivity contribution is -0.124. The zero-order valence-corrected chi connectivity index (χ0v) is 21.5. The number of rotatable bonds is 8. The highest BCUT2D eigenvalue weighted by Crippen LogP contribution is 2.19. The number of aryl methyl sites for hydroxylation is 1. The smallest absolute Gasteiger partial charge is 0.317 e. The summed E-state index contributed by atoms with van der Waals surface area (Å²) >= 11 is 0. The Hall–Kier alpha value is -2.13. The fourth-order valence-electron chi connectivity index (χ4n) is 4.69. The second kappa shape index (κ2) is 12.0. The zero-order valence-electron chi connectivity index (χ0n) is 20.7. The van der Waals surface area contributed by atoms with E-state index in [-0.39, 0.29) is 34.8 Å². The third-order valence-corrected chi connectivity index (χ3v) is 8.20. The van der Waals surface area contributed by atoms with Gasteiger partial charge < -0.3 is 15.5 Å². The van der Waals surface area contributed by atoms with Gasteiger partial charge in [0, 0.05) is 25.2 Å². The van der Waals surface area contributed by atoms with Crippen LogP contribution in [0.15, 0.2) is 29.2 Å². The van der Waals surface area contributed by atoms with Gasteiger partial charge in [-0.05, 0) is 57.1 Å². The number of carbonyl (C=O) groups is 2.